The van der Waals surface area contributed by atoms with Crippen LogP contribution in [-0.2, 0) is 20.6 Å². The lowest BCUT2D eigenvalue weighted by Gasteiger charge is -2.30. The largest absolute Gasteiger partial charge is 0.352 e. The monoisotopic (exact) mass is 471 g/mol. The van der Waals surface area contributed by atoms with Crippen LogP contribution in [0.3, 0.4) is 0 Å². The molecule has 1 fully saturated rings. The van der Waals surface area contributed by atoms with Gasteiger partial charge in [0.05, 0.1) is 17.0 Å². The third kappa shape index (κ3) is 6.65. The van der Waals surface area contributed by atoms with E-state index in [2.05, 4.69) is 10.6 Å². The van der Waals surface area contributed by atoms with Crippen molar-refractivity contribution in [1.82, 2.24) is 9.62 Å². The lowest BCUT2D eigenvalue weighted by molar-refractivity contribution is -0.120. The fraction of sp³-hybridized carbons (Fsp3) is 0.440. The summed E-state index contributed by atoms with van der Waals surface area (Å²) in [6.45, 7) is 7.10. The molecule has 3 rings (SSSR count). The van der Waals surface area contributed by atoms with Crippen molar-refractivity contribution in [2.75, 3.05) is 25.0 Å². The average Bonchev–Trinajstić information content (AvgIpc) is 2.79. The molecule has 2 N–H and O–H groups in total. The molecular formula is C25H33N3O4S. The number of amides is 2. The summed E-state index contributed by atoms with van der Waals surface area (Å²) in [6.07, 6.45) is 0.890. The summed E-state index contributed by atoms with van der Waals surface area (Å²) in [7, 11) is -3.45. The first kappa shape index (κ1) is 24.9. The van der Waals surface area contributed by atoms with Crippen molar-refractivity contribution in [1.29, 1.82) is 0 Å². The Labute approximate surface area is 196 Å². The second-order valence-electron chi connectivity index (χ2n) is 8.99. The highest BCUT2D eigenvalue weighted by atomic mass is 32.2. The molecule has 33 heavy (non-hydrogen) atoms. The number of anilines is 1. The maximum absolute atomic E-state index is 12.9. The van der Waals surface area contributed by atoms with Crippen LogP contribution in [0.25, 0.3) is 0 Å². The number of rotatable bonds is 8. The zero-order valence-corrected chi connectivity index (χ0v) is 20.3. The molecule has 1 saturated heterocycles. The quantitative estimate of drug-likeness (QED) is 0.615. The summed E-state index contributed by atoms with van der Waals surface area (Å²) in [6, 6.07) is 14.4. The summed E-state index contributed by atoms with van der Waals surface area (Å²) in [5.74, 6) is -0.425. The van der Waals surface area contributed by atoms with Crippen LogP contribution in [-0.4, -0.2) is 44.2 Å². The Balaban J connectivity index is 1.59. The third-order valence-electron chi connectivity index (χ3n) is 5.92. The van der Waals surface area contributed by atoms with Gasteiger partial charge in [0, 0.05) is 25.6 Å². The first-order valence-electron chi connectivity index (χ1n) is 11.4. The van der Waals surface area contributed by atoms with Gasteiger partial charge in [-0.2, -0.15) is 0 Å². The molecule has 0 bridgehead atoms. The van der Waals surface area contributed by atoms with E-state index in [1.54, 1.807) is 24.3 Å². The topological polar surface area (TPSA) is 95.6 Å². The van der Waals surface area contributed by atoms with Crippen LogP contribution in [0.5, 0.6) is 0 Å². The van der Waals surface area contributed by atoms with Crippen molar-refractivity contribution in [2.24, 2.45) is 11.8 Å². The number of nitrogens with zero attached hydrogens (tertiary/aromatic N) is 1. The molecule has 2 aromatic rings. The molecule has 1 aliphatic heterocycles. The summed E-state index contributed by atoms with van der Waals surface area (Å²) in [5, 5.41) is 5.76. The normalized spacial score (nSPS) is 15.4. The van der Waals surface area contributed by atoms with E-state index in [1.165, 1.54) is 4.31 Å². The van der Waals surface area contributed by atoms with Crippen LogP contribution in [0.1, 0.15) is 48.2 Å². The predicted octanol–water partition coefficient (Wildman–Crippen LogP) is 3.56. The number of para-hydroxylation sites is 1. The van der Waals surface area contributed by atoms with Crippen molar-refractivity contribution in [2.45, 2.75) is 39.4 Å². The van der Waals surface area contributed by atoms with Crippen LogP contribution in [0.4, 0.5) is 5.69 Å². The first-order valence-corrected chi connectivity index (χ1v) is 13.0. The molecule has 1 aliphatic rings. The summed E-state index contributed by atoms with van der Waals surface area (Å²) >= 11 is 0. The zero-order valence-electron chi connectivity index (χ0n) is 19.5. The second-order valence-corrected chi connectivity index (χ2v) is 11.0. The van der Waals surface area contributed by atoms with Gasteiger partial charge in [0.2, 0.25) is 15.9 Å². The number of hydrogen-bond acceptors (Lipinski definition) is 4. The van der Waals surface area contributed by atoms with E-state index in [9.17, 15) is 18.0 Å². The fourth-order valence-corrected chi connectivity index (χ4v) is 5.54. The van der Waals surface area contributed by atoms with Gasteiger partial charge in [-0.1, -0.05) is 50.2 Å². The van der Waals surface area contributed by atoms with Crippen LogP contribution in [0.2, 0.25) is 0 Å². The SMILES string of the molecule is Cc1ccccc1CS(=O)(=O)N1CCC(C(=O)Nc2ccccc2C(=O)NCC(C)C)CC1. The van der Waals surface area contributed by atoms with Gasteiger partial charge < -0.3 is 10.6 Å². The number of piperidine rings is 1. The highest BCUT2D eigenvalue weighted by molar-refractivity contribution is 7.88. The van der Waals surface area contributed by atoms with Crippen molar-refractivity contribution in [3.63, 3.8) is 0 Å². The van der Waals surface area contributed by atoms with E-state index in [0.29, 0.717) is 49.6 Å². The van der Waals surface area contributed by atoms with Crippen molar-refractivity contribution in [3.05, 3.63) is 65.2 Å². The van der Waals surface area contributed by atoms with E-state index in [1.807, 2.05) is 45.0 Å². The van der Waals surface area contributed by atoms with Gasteiger partial charge in [0.15, 0.2) is 0 Å². The highest BCUT2D eigenvalue weighted by Crippen LogP contribution is 2.25. The van der Waals surface area contributed by atoms with E-state index in [-0.39, 0.29) is 23.5 Å². The molecule has 2 amide bonds. The Hall–Kier alpha value is -2.71. The van der Waals surface area contributed by atoms with Crippen LogP contribution in [0.15, 0.2) is 48.5 Å². The molecular weight excluding hydrogens is 438 g/mol. The molecule has 0 aliphatic carbocycles. The van der Waals surface area contributed by atoms with Gasteiger partial charge in [0.1, 0.15) is 0 Å². The Kier molecular flexibility index (Phi) is 8.26. The molecule has 0 spiro atoms. The number of sulfonamides is 1. The zero-order chi connectivity index (χ0) is 24.0. The standard InChI is InChI=1S/C25H33N3O4S/c1-18(2)16-26-25(30)22-10-6-7-11-23(22)27-24(29)20-12-14-28(15-13-20)33(31,32)17-21-9-5-4-8-19(21)3/h4-11,18,20H,12-17H2,1-3H3,(H,26,30)(H,27,29). The number of carbonyl (C=O) groups excluding carboxylic acids is 2. The van der Waals surface area contributed by atoms with E-state index in [4.69, 9.17) is 0 Å². The van der Waals surface area contributed by atoms with Gasteiger partial charge in [0.25, 0.3) is 5.91 Å². The van der Waals surface area contributed by atoms with E-state index < -0.39 is 10.0 Å². The van der Waals surface area contributed by atoms with Crippen LogP contribution >= 0.6 is 0 Å². The lowest BCUT2D eigenvalue weighted by atomic mass is 9.97. The van der Waals surface area contributed by atoms with Gasteiger partial charge in [-0.05, 0) is 48.9 Å². The molecule has 1 heterocycles. The Morgan fingerprint density at radius 1 is 1.03 bits per heavy atom. The summed E-state index contributed by atoms with van der Waals surface area (Å²) < 4.78 is 27.3. The van der Waals surface area contributed by atoms with E-state index >= 15 is 0 Å². The highest BCUT2D eigenvalue weighted by Gasteiger charge is 2.31. The number of carbonyl (C=O) groups is 2. The molecule has 2 aromatic carbocycles. The van der Waals surface area contributed by atoms with Crippen molar-refractivity contribution in [3.8, 4) is 0 Å². The number of aryl methyl sites for hydroxylation is 1. The maximum atomic E-state index is 12.9. The molecule has 0 aromatic heterocycles. The second kappa shape index (κ2) is 10.9. The third-order valence-corrected chi connectivity index (χ3v) is 7.75. The van der Waals surface area contributed by atoms with Gasteiger partial charge in [-0.25, -0.2) is 12.7 Å². The van der Waals surface area contributed by atoms with Gasteiger partial charge in [-0.15, -0.1) is 0 Å². The van der Waals surface area contributed by atoms with Crippen LogP contribution in [0, 0.1) is 18.8 Å². The first-order chi connectivity index (χ1) is 15.7. The Bertz CT molecular complexity index is 1090. The molecule has 178 valence electrons. The lowest BCUT2D eigenvalue weighted by Crippen LogP contribution is -2.42. The molecule has 7 nitrogen and oxygen atoms in total. The Morgan fingerprint density at radius 3 is 2.33 bits per heavy atom. The molecule has 0 atom stereocenters. The number of nitrogens with one attached hydrogen (secondary N) is 2. The van der Waals surface area contributed by atoms with Gasteiger partial charge in [-0.3, -0.25) is 9.59 Å². The summed E-state index contributed by atoms with van der Waals surface area (Å²) in [5.41, 5.74) is 2.64. The number of benzene rings is 2. The van der Waals surface area contributed by atoms with Gasteiger partial charge >= 0.3 is 0 Å². The minimum absolute atomic E-state index is 0.0323. The Morgan fingerprint density at radius 2 is 1.67 bits per heavy atom. The molecule has 0 saturated carbocycles. The minimum atomic E-state index is -3.45. The van der Waals surface area contributed by atoms with Crippen molar-refractivity contribution < 1.29 is 18.0 Å². The van der Waals surface area contributed by atoms with Crippen molar-refractivity contribution >= 4 is 27.5 Å². The molecule has 8 heteroatoms. The van der Waals surface area contributed by atoms with E-state index in [0.717, 1.165) is 11.1 Å². The number of hydrogen-bond donors (Lipinski definition) is 2. The molecule has 0 radical (unpaired) electrons. The fourth-order valence-electron chi connectivity index (χ4n) is 3.87. The van der Waals surface area contributed by atoms with Crippen LogP contribution < -0.4 is 10.6 Å². The molecule has 0 unspecified atom stereocenters. The maximum Gasteiger partial charge on any atom is 0.253 e. The predicted molar refractivity (Wildman–Crippen MR) is 130 cm³/mol. The minimum Gasteiger partial charge on any atom is -0.352 e. The average molecular weight is 472 g/mol. The summed E-state index contributed by atoms with van der Waals surface area (Å²) in [4.78, 5) is 25.4. The smallest absolute Gasteiger partial charge is 0.253 e.